The molecule has 0 aliphatic rings. The predicted molar refractivity (Wildman–Crippen MR) is 88.8 cm³/mol. The van der Waals surface area contributed by atoms with Crippen LogP contribution in [-0.4, -0.2) is 25.5 Å². The number of halogens is 2. The van der Waals surface area contributed by atoms with E-state index in [4.69, 9.17) is 4.74 Å². The van der Waals surface area contributed by atoms with Crippen molar-refractivity contribution in [2.75, 3.05) is 19.0 Å². The predicted octanol–water partition coefficient (Wildman–Crippen LogP) is 2.58. The van der Waals surface area contributed by atoms with Crippen LogP contribution in [0.3, 0.4) is 0 Å². The van der Waals surface area contributed by atoms with Crippen LogP contribution >= 0.6 is 0 Å². The molecule has 2 rings (SSSR count). The Balaban J connectivity index is 2.03. The van der Waals surface area contributed by atoms with Crippen LogP contribution in [0.1, 0.15) is 12.5 Å². The van der Waals surface area contributed by atoms with Gasteiger partial charge in [0.2, 0.25) is 0 Å². The van der Waals surface area contributed by atoms with E-state index in [1.54, 1.807) is 13.0 Å². The number of para-hydroxylation sites is 1. The number of hydrogen-bond acceptors (Lipinski definition) is 3. The van der Waals surface area contributed by atoms with Gasteiger partial charge in [-0.05, 0) is 25.1 Å². The van der Waals surface area contributed by atoms with Gasteiger partial charge in [0, 0.05) is 12.7 Å². The molecule has 0 heterocycles. The fourth-order valence-corrected chi connectivity index (χ4v) is 2.24. The van der Waals surface area contributed by atoms with E-state index in [0.29, 0.717) is 0 Å². The van der Waals surface area contributed by atoms with Crippen LogP contribution in [0.2, 0.25) is 0 Å². The molecule has 2 N–H and O–H groups in total. The molecule has 2 aromatic carbocycles. The number of methoxy groups -OCH3 is 1. The minimum atomic E-state index is -1.17. The smallest absolute Gasteiger partial charge is 0.313 e. The molecule has 25 heavy (non-hydrogen) atoms. The van der Waals surface area contributed by atoms with Gasteiger partial charge in [-0.1, -0.05) is 30.3 Å². The van der Waals surface area contributed by atoms with Gasteiger partial charge >= 0.3 is 11.8 Å². The third kappa shape index (κ3) is 4.39. The summed E-state index contributed by atoms with van der Waals surface area (Å²) >= 11 is 0. The number of benzene rings is 2. The molecule has 0 radical (unpaired) electrons. The number of anilines is 1. The minimum absolute atomic E-state index is 0.105. The van der Waals surface area contributed by atoms with Gasteiger partial charge in [-0.25, -0.2) is 8.78 Å². The van der Waals surface area contributed by atoms with E-state index in [1.165, 1.54) is 43.5 Å². The Morgan fingerprint density at radius 2 is 1.60 bits per heavy atom. The van der Waals surface area contributed by atoms with Crippen LogP contribution in [0.25, 0.3) is 0 Å². The summed E-state index contributed by atoms with van der Waals surface area (Å²) in [6, 6.07) is 11.5. The maximum absolute atomic E-state index is 14.0. The molecular formula is C18H18F2N2O3. The molecule has 0 bridgehead atoms. The summed E-state index contributed by atoms with van der Waals surface area (Å²) in [5.41, 5.74) is -1.03. The lowest BCUT2D eigenvalue weighted by Crippen LogP contribution is -2.44. The van der Waals surface area contributed by atoms with Gasteiger partial charge in [0.25, 0.3) is 0 Å². The molecule has 2 amide bonds. The van der Waals surface area contributed by atoms with Gasteiger partial charge in [0.05, 0.1) is 12.2 Å². The highest BCUT2D eigenvalue weighted by molar-refractivity contribution is 6.39. The van der Waals surface area contributed by atoms with Gasteiger partial charge in [-0.2, -0.15) is 0 Å². The number of rotatable bonds is 5. The standard InChI is InChI=1S/C18H18F2N2O3/c1-18(25-2,12-7-3-4-8-13(12)19)11-21-16(23)17(24)22-15-10-6-5-9-14(15)20/h3-10H,11H2,1-2H3,(H,21,23)(H,22,24). The quantitative estimate of drug-likeness (QED) is 0.816. The van der Waals surface area contributed by atoms with E-state index >= 15 is 0 Å². The van der Waals surface area contributed by atoms with Crippen molar-refractivity contribution in [3.63, 3.8) is 0 Å². The van der Waals surface area contributed by atoms with Crippen LogP contribution < -0.4 is 10.6 Å². The van der Waals surface area contributed by atoms with Crippen molar-refractivity contribution in [1.82, 2.24) is 5.32 Å². The summed E-state index contributed by atoms with van der Waals surface area (Å²) in [5.74, 6) is -3.16. The maximum Gasteiger partial charge on any atom is 0.313 e. The molecule has 7 heteroatoms. The summed E-state index contributed by atoms with van der Waals surface area (Å²) < 4.78 is 32.8. The average molecular weight is 348 g/mol. The van der Waals surface area contributed by atoms with Crippen molar-refractivity contribution in [3.8, 4) is 0 Å². The third-order valence-electron chi connectivity index (χ3n) is 3.81. The lowest BCUT2D eigenvalue weighted by Gasteiger charge is -2.29. The molecule has 2 aromatic rings. The largest absolute Gasteiger partial charge is 0.372 e. The second kappa shape index (κ2) is 7.85. The van der Waals surface area contributed by atoms with Crippen LogP contribution in [0.4, 0.5) is 14.5 Å². The van der Waals surface area contributed by atoms with E-state index in [1.807, 2.05) is 0 Å². The SMILES string of the molecule is COC(C)(CNC(=O)C(=O)Nc1ccccc1F)c1ccccc1F. The number of hydrogen-bond donors (Lipinski definition) is 2. The molecule has 0 spiro atoms. The zero-order chi connectivity index (χ0) is 18.4. The summed E-state index contributed by atoms with van der Waals surface area (Å²) in [5, 5.41) is 4.55. The normalized spacial score (nSPS) is 13.0. The lowest BCUT2D eigenvalue weighted by atomic mass is 9.95. The summed E-state index contributed by atoms with van der Waals surface area (Å²) in [7, 11) is 1.37. The van der Waals surface area contributed by atoms with Crippen LogP contribution in [0, 0.1) is 11.6 Å². The van der Waals surface area contributed by atoms with Gasteiger partial charge in [0.1, 0.15) is 17.2 Å². The van der Waals surface area contributed by atoms with Crippen molar-refractivity contribution < 1.29 is 23.1 Å². The summed E-state index contributed by atoms with van der Waals surface area (Å²) in [4.78, 5) is 23.8. The zero-order valence-corrected chi connectivity index (χ0v) is 13.8. The Bertz CT molecular complexity index is 782. The molecule has 0 fully saturated rings. The third-order valence-corrected chi connectivity index (χ3v) is 3.81. The molecule has 0 saturated heterocycles. The number of amides is 2. The first-order valence-electron chi connectivity index (χ1n) is 7.51. The van der Waals surface area contributed by atoms with Crippen molar-refractivity contribution in [2.24, 2.45) is 0 Å². The van der Waals surface area contributed by atoms with E-state index in [0.717, 1.165) is 6.07 Å². The molecule has 1 unspecified atom stereocenters. The highest BCUT2D eigenvalue weighted by atomic mass is 19.1. The Morgan fingerprint density at radius 1 is 1.00 bits per heavy atom. The van der Waals surface area contributed by atoms with Gasteiger partial charge in [-0.3, -0.25) is 9.59 Å². The molecule has 132 valence electrons. The summed E-state index contributed by atoms with van der Waals surface area (Å²) in [6.45, 7) is 1.44. The Morgan fingerprint density at radius 3 is 2.20 bits per heavy atom. The van der Waals surface area contributed by atoms with Crippen molar-refractivity contribution in [2.45, 2.75) is 12.5 Å². The second-order valence-electron chi connectivity index (χ2n) is 5.53. The van der Waals surface area contributed by atoms with Crippen molar-refractivity contribution >= 4 is 17.5 Å². The molecular weight excluding hydrogens is 330 g/mol. The Kier molecular flexibility index (Phi) is 5.82. The summed E-state index contributed by atoms with van der Waals surface area (Å²) in [6.07, 6.45) is 0. The first kappa shape index (κ1) is 18.5. The first-order chi connectivity index (χ1) is 11.9. The molecule has 5 nitrogen and oxygen atoms in total. The molecule has 0 aromatic heterocycles. The topological polar surface area (TPSA) is 67.4 Å². The van der Waals surface area contributed by atoms with Gasteiger partial charge < -0.3 is 15.4 Å². The van der Waals surface area contributed by atoms with E-state index in [-0.39, 0.29) is 17.8 Å². The fraction of sp³-hybridized carbons (Fsp3) is 0.222. The highest BCUT2D eigenvalue weighted by Crippen LogP contribution is 2.26. The van der Waals surface area contributed by atoms with Gasteiger partial charge in [0.15, 0.2) is 0 Å². The fourth-order valence-electron chi connectivity index (χ4n) is 2.24. The van der Waals surface area contributed by atoms with Crippen LogP contribution in [0.15, 0.2) is 48.5 Å². The molecule has 0 saturated carbocycles. The lowest BCUT2D eigenvalue weighted by molar-refractivity contribution is -0.137. The highest BCUT2D eigenvalue weighted by Gasteiger charge is 2.30. The zero-order valence-electron chi connectivity index (χ0n) is 13.8. The van der Waals surface area contributed by atoms with E-state index in [9.17, 15) is 18.4 Å². The Labute approximate surface area is 144 Å². The molecule has 0 aliphatic carbocycles. The molecule has 1 atom stereocenters. The second-order valence-corrected chi connectivity index (χ2v) is 5.53. The van der Waals surface area contributed by atoms with Crippen LogP contribution in [0.5, 0.6) is 0 Å². The van der Waals surface area contributed by atoms with Crippen molar-refractivity contribution in [1.29, 1.82) is 0 Å². The number of nitrogens with one attached hydrogen (secondary N) is 2. The maximum atomic E-state index is 14.0. The van der Waals surface area contributed by atoms with Gasteiger partial charge in [-0.15, -0.1) is 0 Å². The minimum Gasteiger partial charge on any atom is -0.372 e. The number of carbonyl (C=O) groups excluding carboxylic acids is 2. The first-order valence-corrected chi connectivity index (χ1v) is 7.51. The monoisotopic (exact) mass is 348 g/mol. The average Bonchev–Trinajstić information content (AvgIpc) is 2.61. The number of carbonyl (C=O) groups is 2. The van der Waals surface area contributed by atoms with E-state index < -0.39 is 29.0 Å². The van der Waals surface area contributed by atoms with Crippen molar-refractivity contribution in [3.05, 3.63) is 65.7 Å². The van der Waals surface area contributed by atoms with E-state index in [2.05, 4.69) is 10.6 Å². The Hall–Kier alpha value is -2.80. The molecule has 0 aliphatic heterocycles. The van der Waals surface area contributed by atoms with Crippen LogP contribution in [-0.2, 0) is 19.9 Å². The number of ether oxygens (including phenoxy) is 1.